The van der Waals surface area contributed by atoms with E-state index in [9.17, 15) is 9.59 Å². The predicted octanol–water partition coefficient (Wildman–Crippen LogP) is 3.54. The maximum atomic E-state index is 12.4. The molecule has 2 heterocycles. The van der Waals surface area contributed by atoms with Crippen molar-refractivity contribution in [3.63, 3.8) is 0 Å². The monoisotopic (exact) mass is 516 g/mol. The number of imide groups is 1. The lowest BCUT2D eigenvalue weighted by atomic mass is 9.95. The Morgan fingerprint density at radius 3 is 2.33 bits per heavy atom. The average molecular weight is 516 g/mol. The van der Waals surface area contributed by atoms with Gasteiger partial charge in [-0.05, 0) is 86.0 Å². The lowest BCUT2D eigenvalue weighted by molar-refractivity contribution is -0.114. The highest BCUT2D eigenvalue weighted by Crippen LogP contribution is 2.27. The molecule has 2 aromatic rings. The summed E-state index contributed by atoms with van der Waals surface area (Å²) in [6.45, 7) is 6.51. The third kappa shape index (κ3) is 4.09. The van der Waals surface area contributed by atoms with Crippen LogP contribution in [0.2, 0.25) is 0 Å². The molecule has 2 aliphatic rings. The molecular formula is C23H25IN4O2. The Labute approximate surface area is 190 Å². The molecular weight excluding hydrogens is 491 g/mol. The largest absolute Gasteiger partial charge is 0.368 e. The van der Waals surface area contributed by atoms with E-state index in [1.165, 1.54) is 5.69 Å². The van der Waals surface area contributed by atoms with Gasteiger partial charge in [-0.1, -0.05) is 0 Å². The molecule has 4 rings (SSSR count). The summed E-state index contributed by atoms with van der Waals surface area (Å²) in [5, 5.41) is 5.62. The Balaban J connectivity index is 1.52. The van der Waals surface area contributed by atoms with E-state index in [1.54, 1.807) is 12.3 Å². The number of amides is 2. The quantitative estimate of drug-likeness (QED) is 0.372. The van der Waals surface area contributed by atoms with E-state index in [0.717, 1.165) is 22.3 Å². The van der Waals surface area contributed by atoms with Crippen LogP contribution in [0.15, 0.2) is 48.7 Å². The number of piperazine rings is 1. The van der Waals surface area contributed by atoms with Gasteiger partial charge < -0.3 is 10.2 Å². The highest BCUT2D eigenvalue weighted by Gasteiger charge is 2.28. The Morgan fingerprint density at radius 1 is 1.00 bits per heavy atom. The summed E-state index contributed by atoms with van der Waals surface area (Å²) in [5.74, 6) is -0.748. The summed E-state index contributed by atoms with van der Waals surface area (Å²) in [6.07, 6.45) is 1.67. The number of hydrogen-bond acceptors (Lipinski definition) is 5. The molecule has 1 fully saturated rings. The topological polar surface area (TPSA) is 64.7 Å². The molecule has 0 unspecified atom stereocenters. The zero-order valence-electron chi connectivity index (χ0n) is 17.3. The zero-order valence-corrected chi connectivity index (χ0v) is 19.4. The van der Waals surface area contributed by atoms with Crippen LogP contribution in [0.4, 0.5) is 11.4 Å². The Hall–Kier alpha value is -2.39. The molecule has 0 aliphatic carbocycles. The predicted molar refractivity (Wildman–Crippen MR) is 129 cm³/mol. The van der Waals surface area contributed by atoms with Gasteiger partial charge in [0.15, 0.2) is 0 Å². The van der Waals surface area contributed by atoms with Gasteiger partial charge in [0.1, 0.15) is 0 Å². The Morgan fingerprint density at radius 2 is 1.67 bits per heavy atom. The molecule has 2 N–H and O–H groups in total. The summed E-state index contributed by atoms with van der Waals surface area (Å²) in [6, 6.07) is 14.7. The number of benzene rings is 2. The van der Waals surface area contributed by atoms with Crippen LogP contribution >= 0.6 is 22.6 Å². The van der Waals surface area contributed by atoms with Crippen molar-refractivity contribution in [1.29, 1.82) is 0 Å². The van der Waals surface area contributed by atoms with Crippen molar-refractivity contribution >= 4 is 51.4 Å². The first-order valence-corrected chi connectivity index (χ1v) is 11.1. The molecule has 30 heavy (non-hydrogen) atoms. The van der Waals surface area contributed by atoms with E-state index in [-0.39, 0.29) is 11.8 Å². The van der Waals surface area contributed by atoms with Crippen LogP contribution in [0.1, 0.15) is 29.8 Å². The zero-order chi connectivity index (χ0) is 21.4. The minimum absolute atomic E-state index is 0.358. The standard InChI is InChI=1S/C23H25IN4O2/c1-14-12-28(13-15(2)27(14)3)18-7-5-17(6-8-18)25-11-21-20-10-16(24)4-9-19(20)22(29)26-23(21)30/h4-11,14-15,25H,12-13H2,1-3H3,(H,26,29,30)/b21-11-/t14-,15+. The molecule has 2 aromatic carbocycles. The number of hydrogen-bond donors (Lipinski definition) is 2. The van der Waals surface area contributed by atoms with Gasteiger partial charge in [0.05, 0.1) is 5.57 Å². The number of nitrogens with one attached hydrogen (secondary N) is 2. The van der Waals surface area contributed by atoms with Crippen molar-refractivity contribution in [1.82, 2.24) is 10.2 Å². The van der Waals surface area contributed by atoms with E-state index >= 15 is 0 Å². The van der Waals surface area contributed by atoms with Crippen molar-refractivity contribution in [3.8, 4) is 0 Å². The maximum Gasteiger partial charge on any atom is 0.260 e. The SMILES string of the molecule is C[C@@H]1CN(c2ccc(N/C=C3\C(=O)NC(=O)c4ccc(I)cc43)cc2)C[C@H](C)N1C. The van der Waals surface area contributed by atoms with Gasteiger partial charge >= 0.3 is 0 Å². The third-order valence-electron chi connectivity index (χ3n) is 5.96. The van der Waals surface area contributed by atoms with E-state index < -0.39 is 0 Å². The second-order valence-electron chi connectivity index (χ2n) is 7.99. The second-order valence-corrected chi connectivity index (χ2v) is 9.24. The number of carbonyl (C=O) groups is 2. The molecule has 2 aliphatic heterocycles. The molecule has 0 aromatic heterocycles. The number of nitrogens with zero attached hydrogens (tertiary/aromatic N) is 2. The molecule has 1 saturated heterocycles. The van der Waals surface area contributed by atoms with Gasteiger partial charge in [-0.3, -0.25) is 19.8 Å². The van der Waals surface area contributed by atoms with E-state index in [2.05, 4.69) is 76.1 Å². The third-order valence-corrected chi connectivity index (χ3v) is 6.63. The fourth-order valence-electron chi connectivity index (χ4n) is 3.98. The number of fused-ring (bicyclic) bond motifs is 1. The normalized spacial score (nSPS) is 23.3. The van der Waals surface area contributed by atoms with Gasteiger partial charge in [0.25, 0.3) is 11.8 Å². The van der Waals surface area contributed by atoms with Gasteiger partial charge in [-0.15, -0.1) is 0 Å². The van der Waals surface area contributed by atoms with Crippen molar-refractivity contribution < 1.29 is 9.59 Å². The summed E-state index contributed by atoms with van der Waals surface area (Å²) in [4.78, 5) is 29.3. The minimum atomic E-state index is -0.390. The average Bonchev–Trinajstić information content (AvgIpc) is 2.71. The Kier molecular flexibility index (Phi) is 5.84. The summed E-state index contributed by atoms with van der Waals surface area (Å²) < 4.78 is 0.972. The molecule has 0 radical (unpaired) electrons. The number of halogens is 1. The van der Waals surface area contributed by atoms with Crippen LogP contribution in [0, 0.1) is 3.57 Å². The van der Waals surface area contributed by atoms with Crippen LogP contribution in [0.25, 0.3) is 5.57 Å². The highest BCUT2D eigenvalue weighted by atomic mass is 127. The van der Waals surface area contributed by atoms with Crippen LogP contribution in [0.3, 0.4) is 0 Å². The smallest absolute Gasteiger partial charge is 0.260 e. The number of anilines is 2. The molecule has 156 valence electrons. The maximum absolute atomic E-state index is 12.4. The first-order chi connectivity index (χ1) is 14.3. The molecule has 2 amide bonds. The molecule has 7 heteroatoms. The van der Waals surface area contributed by atoms with E-state index in [4.69, 9.17) is 0 Å². The van der Waals surface area contributed by atoms with Crippen molar-refractivity contribution in [2.75, 3.05) is 30.4 Å². The molecule has 2 atom stereocenters. The van der Waals surface area contributed by atoms with Crippen LogP contribution < -0.4 is 15.5 Å². The minimum Gasteiger partial charge on any atom is -0.368 e. The highest BCUT2D eigenvalue weighted by molar-refractivity contribution is 14.1. The number of carbonyl (C=O) groups excluding carboxylic acids is 2. The van der Waals surface area contributed by atoms with Gasteiger partial charge in [-0.2, -0.15) is 0 Å². The van der Waals surface area contributed by atoms with Crippen molar-refractivity contribution in [2.45, 2.75) is 25.9 Å². The number of likely N-dealkylation sites (N-methyl/N-ethyl adjacent to an activating group) is 1. The van der Waals surface area contributed by atoms with Crippen molar-refractivity contribution in [2.24, 2.45) is 0 Å². The van der Waals surface area contributed by atoms with Crippen LogP contribution in [0.5, 0.6) is 0 Å². The van der Waals surface area contributed by atoms with Gasteiger partial charge in [0.2, 0.25) is 0 Å². The molecule has 0 bridgehead atoms. The lowest BCUT2D eigenvalue weighted by Gasteiger charge is -2.43. The van der Waals surface area contributed by atoms with Gasteiger partial charge in [0, 0.05) is 57.4 Å². The fourth-order valence-corrected chi connectivity index (χ4v) is 4.47. The first kappa shape index (κ1) is 20.9. The molecule has 0 spiro atoms. The van der Waals surface area contributed by atoms with E-state index in [0.29, 0.717) is 28.8 Å². The summed E-state index contributed by atoms with van der Waals surface area (Å²) in [5.41, 5.74) is 3.70. The van der Waals surface area contributed by atoms with Crippen LogP contribution in [-0.2, 0) is 4.79 Å². The van der Waals surface area contributed by atoms with Gasteiger partial charge in [-0.25, -0.2) is 0 Å². The molecule has 0 saturated carbocycles. The Bertz CT molecular complexity index is 1010. The first-order valence-electron chi connectivity index (χ1n) is 10.0. The molecule has 6 nitrogen and oxygen atoms in total. The summed E-state index contributed by atoms with van der Waals surface area (Å²) >= 11 is 2.18. The summed E-state index contributed by atoms with van der Waals surface area (Å²) in [7, 11) is 2.18. The number of rotatable bonds is 3. The fraction of sp³-hybridized carbons (Fsp3) is 0.304. The van der Waals surface area contributed by atoms with E-state index in [1.807, 2.05) is 24.3 Å². The second kappa shape index (κ2) is 8.39. The van der Waals surface area contributed by atoms with Crippen LogP contribution in [-0.4, -0.2) is 48.9 Å². The van der Waals surface area contributed by atoms with Crippen molar-refractivity contribution in [3.05, 3.63) is 63.4 Å². The lowest BCUT2D eigenvalue weighted by Crippen LogP contribution is -2.55.